The Bertz CT molecular complexity index is 613. The van der Waals surface area contributed by atoms with E-state index >= 15 is 0 Å². The number of carbonyl (C=O) groups is 1. The summed E-state index contributed by atoms with van der Waals surface area (Å²) in [5, 5.41) is 2.98. The second kappa shape index (κ2) is 6.57. The molecule has 1 amide bonds. The standard InChI is InChI=1S/C16H16BrNO2/c1-11(14-8-3-4-9-15(14)17)18-16(19)12-6-5-7-13(10-12)20-2/h3-11H,1-2H3,(H,18,19)/t11-/m1/s1. The van der Waals surface area contributed by atoms with Gasteiger partial charge in [-0.05, 0) is 36.8 Å². The van der Waals surface area contributed by atoms with Crippen LogP contribution in [0.3, 0.4) is 0 Å². The minimum absolute atomic E-state index is 0.0794. The average Bonchev–Trinajstić information content (AvgIpc) is 2.47. The number of halogens is 1. The molecule has 0 saturated heterocycles. The van der Waals surface area contributed by atoms with Gasteiger partial charge in [0.25, 0.3) is 5.91 Å². The number of methoxy groups -OCH3 is 1. The smallest absolute Gasteiger partial charge is 0.251 e. The van der Waals surface area contributed by atoms with Gasteiger partial charge in [-0.3, -0.25) is 4.79 Å². The van der Waals surface area contributed by atoms with Crippen LogP contribution >= 0.6 is 15.9 Å². The van der Waals surface area contributed by atoms with Crippen molar-refractivity contribution < 1.29 is 9.53 Å². The third kappa shape index (κ3) is 3.39. The van der Waals surface area contributed by atoms with Gasteiger partial charge in [-0.25, -0.2) is 0 Å². The number of ether oxygens (including phenoxy) is 1. The van der Waals surface area contributed by atoms with Crippen LogP contribution < -0.4 is 10.1 Å². The van der Waals surface area contributed by atoms with Crippen LogP contribution in [0.25, 0.3) is 0 Å². The van der Waals surface area contributed by atoms with E-state index in [1.807, 2.05) is 37.3 Å². The second-order valence-electron chi connectivity index (χ2n) is 4.45. The molecule has 1 atom stereocenters. The molecule has 0 radical (unpaired) electrons. The first-order chi connectivity index (χ1) is 9.61. The number of nitrogens with one attached hydrogen (secondary N) is 1. The third-order valence-electron chi connectivity index (χ3n) is 3.05. The Labute approximate surface area is 127 Å². The molecular weight excluding hydrogens is 318 g/mol. The zero-order chi connectivity index (χ0) is 14.5. The molecule has 0 unspecified atom stereocenters. The summed E-state index contributed by atoms with van der Waals surface area (Å²) in [5.41, 5.74) is 1.63. The van der Waals surface area contributed by atoms with E-state index in [1.54, 1.807) is 25.3 Å². The van der Waals surface area contributed by atoms with Gasteiger partial charge in [0.2, 0.25) is 0 Å². The second-order valence-corrected chi connectivity index (χ2v) is 5.30. The van der Waals surface area contributed by atoms with Crippen LogP contribution in [0.1, 0.15) is 28.9 Å². The van der Waals surface area contributed by atoms with Crippen molar-refractivity contribution >= 4 is 21.8 Å². The van der Waals surface area contributed by atoms with Gasteiger partial charge in [-0.1, -0.05) is 40.2 Å². The SMILES string of the molecule is COc1cccc(C(=O)N[C@H](C)c2ccccc2Br)c1. The van der Waals surface area contributed by atoms with E-state index in [1.165, 1.54) is 0 Å². The van der Waals surface area contributed by atoms with Gasteiger partial charge in [-0.15, -0.1) is 0 Å². The maximum Gasteiger partial charge on any atom is 0.251 e. The van der Waals surface area contributed by atoms with Crippen molar-refractivity contribution in [1.29, 1.82) is 0 Å². The highest BCUT2D eigenvalue weighted by molar-refractivity contribution is 9.10. The fraction of sp³-hybridized carbons (Fsp3) is 0.188. The minimum atomic E-state index is -0.118. The summed E-state index contributed by atoms with van der Waals surface area (Å²) < 4.78 is 6.11. The number of amides is 1. The monoisotopic (exact) mass is 333 g/mol. The van der Waals surface area contributed by atoms with Crippen LogP contribution in [0.15, 0.2) is 53.0 Å². The minimum Gasteiger partial charge on any atom is -0.497 e. The normalized spacial score (nSPS) is 11.8. The van der Waals surface area contributed by atoms with Crippen LogP contribution in [-0.2, 0) is 0 Å². The van der Waals surface area contributed by atoms with Crippen LogP contribution in [0.2, 0.25) is 0 Å². The lowest BCUT2D eigenvalue weighted by molar-refractivity contribution is 0.0939. The summed E-state index contributed by atoms with van der Waals surface area (Å²) in [6.07, 6.45) is 0. The topological polar surface area (TPSA) is 38.3 Å². The van der Waals surface area contributed by atoms with E-state index in [-0.39, 0.29) is 11.9 Å². The van der Waals surface area contributed by atoms with E-state index in [9.17, 15) is 4.79 Å². The molecule has 1 N–H and O–H groups in total. The molecule has 0 saturated carbocycles. The van der Waals surface area contributed by atoms with E-state index in [0.717, 1.165) is 10.0 Å². The largest absolute Gasteiger partial charge is 0.497 e. The molecule has 0 heterocycles. The zero-order valence-corrected chi connectivity index (χ0v) is 13.0. The first-order valence-electron chi connectivity index (χ1n) is 6.31. The highest BCUT2D eigenvalue weighted by Gasteiger charge is 2.13. The van der Waals surface area contributed by atoms with Crippen LogP contribution in [-0.4, -0.2) is 13.0 Å². The summed E-state index contributed by atoms with van der Waals surface area (Å²) in [6.45, 7) is 1.96. The predicted molar refractivity (Wildman–Crippen MR) is 83.0 cm³/mol. The summed E-state index contributed by atoms with van der Waals surface area (Å²) >= 11 is 3.49. The summed E-state index contributed by atoms with van der Waals surface area (Å²) in [5.74, 6) is 0.554. The molecule has 0 aromatic heterocycles. The lowest BCUT2D eigenvalue weighted by atomic mass is 10.1. The van der Waals surface area contributed by atoms with E-state index < -0.39 is 0 Å². The van der Waals surface area contributed by atoms with Gasteiger partial charge in [-0.2, -0.15) is 0 Å². The van der Waals surface area contributed by atoms with Crippen molar-refractivity contribution in [3.8, 4) is 5.75 Å². The van der Waals surface area contributed by atoms with E-state index in [0.29, 0.717) is 11.3 Å². The third-order valence-corrected chi connectivity index (χ3v) is 3.77. The number of hydrogen-bond donors (Lipinski definition) is 1. The number of rotatable bonds is 4. The van der Waals surface area contributed by atoms with Gasteiger partial charge in [0.05, 0.1) is 13.2 Å². The van der Waals surface area contributed by atoms with Crippen LogP contribution in [0.4, 0.5) is 0 Å². The number of carbonyl (C=O) groups excluding carboxylic acids is 1. The lowest BCUT2D eigenvalue weighted by Gasteiger charge is -2.16. The Hall–Kier alpha value is -1.81. The van der Waals surface area contributed by atoms with Crippen LogP contribution in [0.5, 0.6) is 5.75 Å². The van der Waals surface area contributed by atoms with Crippen molar-refractivity contribution in [2.45, 2.75) is 13.0 Å². The van der Waals surface area contributed by atoms with Gasteiger partial charge in [0, 0.05) is 10.0 Å². The number of benzene rings is 2. The quantitative estimate of drug-likeness (QED) is 0.919. The first-order valence-corrected chi connectivity index (χ1v) is 7.10. The van der Waals surface area contributed by atoms with Gasteiger partial charge >= 0.3 is 0 Å². The predicted octanol–water partition coefficient (Wildman–Crippen LogP) is 3.95. The van der Waals surface area contributed by atoms with Crippen molar-refractivity contribution in [2.75, 3.05) is 7.11 Å². The molecule has 2 rings (SSSR count). The molecule has 0 aliphatic rings. The fourth-order valence-corrected chi connectivity index (χ4v) is 2.58. The van der Waals surface area contributed by atoms with Crippen LogP contribution in [0, 0.1) is 0 Å². The molecule has 0 fully saturated rings. The summed E-state index contributed by atoms with van der Waals surface area (Å²) in [4.78, 5) is 12.2. The van der Waals surface area contributed by atoms with Crippen molar-refractivity contribution in [3.05, 3.63) is 64.1 Å². The Morgan fingerprint density at radius 1 is 1.20 bits per heavy atom. The molecule has 0 bridgehead atoms. The summed E-state index contributed by atoms with van der Waals surface area (Å²) in [7, 11) is 1.58. The molecule has 3 nitrogen and oxygen atoms in total. The number of hydrogen-bond acceptors (Lipinski definition) is 2. The highest BCUT2D eigenvalue weighted by Crippen LogP contribution is 2.23. The fourth-order valence-electron chi connectivity index (χ4n) is 1.95. The summed E-state index contributed by atoms with van der Waals surface area (Å²) in [6, 6.07) is 14.9. The average molecular weight is 334 g/mol. The molecule has 0 spiro atoms. The Morgan fingerprint density at radius 3 is 2.65 bits per heavy atom. The molecule has 104 valence electrons. The van der Waals surface area contributed by atoms with Crippen molar-refractivity contribution in [2.24, 2.45) is 0 Å². The maximum absolute atomic E-state index is 12.2. The van der Waals surface area contributed by atoms with Crippen molar-refractivity contribution in [1.82, 2.24) is 5.32 Å². The molecule has 0 aliphatic carbocycles. The van der Waals surface area contributed by atoms with E-state index in [4.69, 9.17) is 4.74 Å². The lowest BCUT2D eigenvalue weighted by Crippen LogP contribution is -2.26. The molecule has 0 aliphatic heterocycles. The molecule has 2 aromatic carbocycles. The molecule has 4 heteroatoms. The highest BCUT2D eigenvalue weighted by atomic mass is 79.9. The Kier molecular flexibility index (Phi) is 4.79. The molecule has 20 heavy (non-hydrogen) atoms. The zero-order valence-electron chi connectivity index (χ0n) is 11.4. The first kappa shape index (κ1) is 14.6. The maximum atomic E-state index is 12.2. The Balaban J connectivity index is 2.13. The van der Waals surface area contributed by atoms with E-state index in [2.05, 4.69) is 21.2 Å². The van der Waals surface area contributed by atoms with Crippen molar-refractivity contribution in [3.63, 3.8) is 0 Å². The molecule has 2 aromatic rings. The van der Waals surface area contributed by atoms with Gasteiger partial charge in [0.15, 0.2) is 0 Å². The van der Waals surface area contributed by atoms with Gasteiger partial charge < -0.3 is 10.1 Å². The van der Waals surface area contributed by atoms with Gasteiger partial charge in [0.1, 0.15) is 5.75 Å². The molecular formula is C16H16BrNO2. The Morgan fingerprint density at radius 2 is 1.95 bits per heavy atom.